The van der Waals surface area contributed by atoms with Crippen LogP contribution < -0.4 is 14.8 Å². The molecular formula is C20H28F3NO6. The van der Waals surface area contributed by atoms with Crippen LogP contribution >= 0.6 is 0 Å². The Balaban J connectivity index is 2.52. The van der Waals surface area contributed by atoms with Crippen LogP contribution in [0.3, 0.4) is 0 Å². The molecule has 0 aliphatic carbocycles. The molecule has 10 heteroatoms. The lowest BCUT2D eigenvalue weighted by atomic mass is 10.2. The molecule has 0 aromatic heterocycles. The average Bonchev–Trinajstić information content (AvgIpc) is 2.66. The van der Waals surface area contributed by atoms with Gasteiger partial charge in [0, 0.05) is 0 Å². The van der Waals surface area contributed by atoms with Crippen molar-refractivity contribution in [2.24, 2.45) is 5.92 Å². The maximum absolute atomic E-state index is 12.3. The number of nitrogens with one attached hydrogen (secondary N) is 1. The van der Waals surface area contributed by atoms with E-state index in [0.29, 0.717) is 24.0 Å². The highest BCUT2D eigenvalue weighted by molar-refractivity contribution is 5.81. The normalized spacial score (nSPS) is 12.6. The second kappa shape index (κ2) is 12.3. The first-order valence-electron chi connectivity index (χ1n) is 9.49. The molecular weight excluding hydrogens is 407 g/mol. The molecule has 1 aromatic rings. The van der Waals surface area contributed by atoms with Gasteiger partial charge in [-0.1, -0.05) is 13.8 Å². The fourth-order valence-electron chi connectivity index (χ4n) is 2.00. The molecule has 1 aromatic carbocycles. The minimum atomic E-state index is -5.03. The van der Waals surface area contributed by atoms with Gasteiger partial charge in [-0.15, -0.1) is 0 Å². The Morgan fingerprint density at radius 2 is 1.53 bits per heavy atom. The number of halogens is 3. The first kappa shape index (κ1) is 25.5. The van der Waals surface area contributed by atoms with E-state index in [-0.39, 0.29) is 12.7 Å². The van der Waals surface area contributed by atoms with Crippen molar-refractivity contribution in [1.29, 1.82) is 0 Å². The summed E-state index contributed by atoms with van der Waals surface area (Å²) >= 11 is 0. The van der Waals surface area contributed by atoms with Crippen molar-refractivity contribution in [3.8, 4) is 11.5 Å². The number of hydrogen-bond donors (Lipinski definition) is 1. The van der Waals surface area contributed by atoms with Gasteiger partial charge in [-0.3, -0.25) is 4.79 Å². The SMILES string of the molecule is CC(C)COc1ccc(OCC(=O)O[C@@H](CNC(=O)C(F)(F)F)COC(C)C)cc1. The zero-order valence-corrected chi connectivity index (χ0v) is 17.5. The highest BCUT2D eigenvalue weighted by Gasteiger charge is 2.38. The van der Waals surface area contributed by atoms with Crippen LogP contribution in [0.15, 0.2) is 24.3 Å². The van der Waals surface area contributed by atoms with Crippen molar-refractivity contribution >= 4 is 11.9 Å². The Morgan fingerprint density at radius 1 is 0.967 bits per heavy atom. The maximum atomic E-state index is 12.3. The fourth-order valence-corrected chi connectivity index (χ4v) is 2.00. The van der Waals surface area contributed by atoms with E-state index in [2.05, 4.69) is 0 Å². The summed E-state index contributed by atoms with van der Waals surface area (Å²) in [6.07, 6.45) is -6.36. The summed E-state index contributed by atoms with van der Waals surface area (Å²) < 4.78 is 58.2. The highest BCUT2D eigenvalue weighted by atomic mass is 19.4. The lowest BCUT2D eigenvalue weighted by Crippen LogP contribution is -2.44. The van der Waals surface area contributed by atoms with Crippen LogP contribution in [0.5, 0.6) is 11.5 Å². The summed E-state index contributed by atoms with van der Waals surface area (Å²) in [5.41, 5.74) is 0. The van der Waals surface area contributed by atoms with E-state index in [4.69, 9.17) is 18.9 Å². The molecule has 0 fully saturated rings. The van der Waals surface area contributed by atoms with E-state index in [0.717, 1.165) is 0 Å². The molecule has 0 radical (unpaired) electrons. The Kier molecular flexibility index (Phi) is 10.4. The van der Waals surface area contributed by atoms with Gasteiger partial charge in [-0.25, -0.2) is 4.79 Å². The fraction of sp³-hybridized carbons (Fsp3) is 0.600. The standard InChI is InChI=1S/C20H28F3NO6/c1-13(2)10-28-15-5-7-16(8-6-15)29-12-18(25)30-17(11-27-14(3)4)9-24-19(26)20(21,22)23/h5-8,13-14,17H,9-12H2,1-4H3,(H,24,26)/t17-/m0/s1. The second-order valence-electron chi connectivity index (χ2n) is 7.17. The molecule has 7 nitrogen and oxygen atoms in total. The minimum absolute atomic E-state index is 0.177. The Labute approximate surface area is 173 Å². The number of esters is 1. The number of hydrogen-bond acceptors (Lipinski definition) is 6. The van der Waals surface area contributed by atoms with Crippen LogP contribution in [0.25, 0.3) is 0 Å². The second-order valence-corrected chi connectivity index (χ2v) is 7.17. The summed E-state index contributed by atoms with van der Waals surface area (Å²) in [5, 5.41) is 1.68. The van der Waals surface area contributed by atoms with Crippen molar-refractivity contribution in [1.82, 2.24) is 5.32 Å². The third kappa shape index (κ3) is 10.9. The van der Waals surface area contributed by atoms with Crippen LogP contribution in [0.2, 0.25) is 0 Å². The van der Waals surface area contributed by atoms with Crippen LogP contribution in [0.4, 0.5) is 13.2 Å². The summed E-state index contributed by atoms with van der Waals surface area (Å²) in [4.78, 5) is 23.0. The monoisotopic (exact) mass is 435 g/mol. The van der Waals surface area contributed by atoms with E-state index in [1.165, 1.54) is 0 Å². The first-order valence-corrected chi connectivity index (χ1v) is 9.49. The minimum Gasteiger partial charge on any atom is -0.493 e. The van der Waals surface area contributed by atoms with Crippen molar-refractivity contribution in [2.75, 3.05) is 26.4 Å². The average molecular weight is 435 g/mol. The molecule has 1 amide bonds. The number of carbonyl (C=O) groups excluding carboxylic acids is 2. The summed E-state index contributed by atoms with van der Waals surface area (Å²) in [5.74, 6) is -1.50. The number of carbonyl (C=O) groups is 2. The van der Waals surface area contributed by atoms with Gasteiger partial charge in [0.2, 0.25) is 0 Å². The number of benzene rings is 1. The highest BCUT2D eigenvalue weighted by Crippen LogP contribution is 2.18. The summed E-state index contributed by atoms with van der Waals surface area (Å²) in [7, 11) is 0. The number of rotatable bonds is 12. The van der Waals surface area contributed by atoms with Crippen molar-refractivity contribution < 1.29 is 41.7 Å². The Bertz CT molecular complexity index is 662. The van der Waals surface area contributed by atoms with Crippen LogP contribution in [-0.2, 0) is 19.1 Å². The van der Waals surface area contributed by atoms with E-state index in [1.54, 1.807) is 43.4 Å². The van der Waals surface area contributed by atoms with Crippen LogP contribution in [0.1, 0.15) is 27.7 Å². The molecule has 0 spiro atoms. The van der Waals surface area contributed by atoms with Crippen molar-refractivity contribution in [3.63, 3.8) is 0 Å². The van der Waals surface area contributed by atoms with Crippen molar-refractivity contribution in [3.05, 3.63) is 24.3 Å². The summed E-state index contributed by atoms with van der Waals surface area (Å²) in [6.45, 7) is 6.86. The van der Waals surface area contributed by atoms with Crippen LogP contribution in [0, 0.1) is 5.92 Å². The molecule has 0 bridgehead atoms. The predicted octanol–water partition coefficient (Wildman–Crippen LogP) is 3.12. The largest absolute Gasteiger partial charge is 0.493 e. The molecule has 0 heterocycles. The van der Waals surface area contributed by atoms with Gasteiger partial charge in [0.15, 0.2) is 6.61 Å². The number of ether oxygens (including phenoxy) is 4. The predicted molar refractivity (Wildman–Crippen MR) is 102 cm³/mol. The molecule has 1 rings (SSSR count). The smallest absolute Gasteiger partial charge is 0.471 e. The molecule has 0 saturated carbocycles. The molecule has 0 saturated heterocycles. The van der Waals surface area contributed by atoms with E-state index >= 15 is 0 Å². The zero-order valence-electron chi connectivity index (χ0n) is 17.5. The van der Waals surface area contributed by atoms with E-state index in [9.17, 15) is 22.8 Å². The summed E-state index contributed by atoms with van der Waals surface area (Å²) in [6, 6.07) is 6.61. The maximum Gasteiger partial charge on any atom is 0.471 e. The van der Waals surface area contributed by atoms with Gasteiger partial charge in [0.05, 0.1) is 25.9 Å². The van der Waals surface area contributed by atoms with E-state index < -0.39 is 37.3 Å². The van der Waals surface area contributed by atoms with Gasteiger partial charge in [-0.05, 0) is 44.0 Å². The zero-order chi connectivity index (χ0) is 22.7. The Hall–Kier alpha value is -2.49. The van der Waals surface area contributed by atoms with Crippen LogP contribution in [-0.4, -0.2) is 56.6 Å². The molecule has 0 aliphatic heterocycles. The van der Waals surface area contributed by atoms with Gasteiger partial charge < -0.3 is 24.3 Å². The third-order valence-corrected chi connectivity index (χ3v) is 3.43. The molecule has 0 unspecified atom stereocenters. The molecule has 1 atom stereocenters. The van der Waals surface area contributed by atoms with Gasteiger partial charge in [0.1, 0.15) is 17.6 Å². The lowest BCUT2D eigenvalue weighted by Gasteiger charge is -2.20. The number of alkyl halides is 3. The Morgan fingerprint density at radius 3 is 2.03 bits per heavy atom. The molecule has 1 N–H and O–H groups in total. The third-order valence-electron chi connectivity index (χ3n) is 3.43. The molecule has 30 heavy (non-hydrogen) atoms. The first-order chi connectivity index (χ1) is 14.0. The quantitative estimate of drug-likeness (QED) is 0.508. The lowest BCUT2D eigenvalue weighted by molar-refractivity contribution is -0.175. The van der Waals surface area contributed by atoms with Gasteiger partial charge >= 0.3 is 18.1 Å². The van der Waals surface area contributed by atoms with E-state index in [1.807, 2.05) is 13.8 Å². The topological polar surface area (TPSA) is 83.1 Å². The van der Waals surface area contributed by atoms with Gasteiger partial charge in [-0.2, -0.15) is 13.2 Å². The molecule has 0 aliphatic rings. The van der Waals surface area contributed by atoms with Crippen molar-refractivity contribution in [2.45, 2.75) is 46.1 Å². The number of amides is 1. The van der Waals surface area contributed by atoms with Gasteiger partial charge in [0.25, 0.3) is 0 Å². The molecule has 170 valence electrons.